The molecular formula is C31H34N2O4. The van der Waals surface area contributed by atoms with Gasteiger partial charge >= 0.3 is 0 Å². The Morgan fingerprint density at radius 1 is 0.946 bits per heavy atom. The number of nitrogens with one attached hydrogen (secondary N) is 1. The first-order valence-corrected chi connectivity index (χ1v) is 13.3. The Kier molecular flexibility index (Phi) is 7.00. The van der Waals surface area contributed by atoms with E-state index in [9.17, 15) is 14.4 Å². The number of carbonyl (C=O) groups is 3. The van der Waals surface area contributed by atoms with Gasteiger partial charge in [0, 0.05) is 53.5 Å². The normalized spacial score (nSPS) is 18.1. The van der Waals surface area contributed by atoms with Crippen LogP contribution in [0.1, 0.15) is 68.1 Å². The van der Waals surface area contributed by atoms with Gasteiger partial charge in [-0.1, -0.05) is 24.3 Å². The molecule has 6 nitrogen and oxygen atoms in total. The van der Waals surface area contributed by atoms with Crippen LogP contribution < -0.4 is 10.1 Å². The van der Waals surface area contributed by atoms with E-state index in [0.717, 1.165) is 77.1 Å². The van der Waals surface area contributed by atoms with Gasteiger partial charge in [-0.25, -0.2) is 0 Å². The van der Waals surface area contributed by atoms with Gasteiger partial charge in [0.25, 0.3) is 5.91 Å². The van der Waals surface area contributed by atoms with Gasteiger partial charge in [-0.3, -0.25) is 14.4 Å². The molecule has 1 heterocycles. The van der Waals surface area contributed by atoms with Crippen molar-refractivity contribution in [1.82, 2.24) is 4.90 Å². The lowest BCUT2D eigenvalue weighted by Gasteiger charge is -2.43. The summed E-state index contributed by atoms with van der Waals surface area (Å²) in [6.07, 6.45) is 4.42. The maximum absolute atomic E-state index is 13.3. The average molecular weight is 499 g/mol. The third-order valence-electron chi connectivity index (χ3n) is 7.63. The van der Waals surface area contributed by atoms with Crippen molar-refractivity contribution < 1.29 is 19.1 Å². The predicted molar refractivity (Wildman–Crippen MR) is 143 cm³/mol. The monoisotopic (exact) mass is 498 g/mol. The Labute approximate surface area is 218 Å². The molecule has 3 aliphatic rings. The second-order valence-corrected chi connectivity index (χ2v) is 10.2. The van der Waals surface area contributed by atoms with Crippen molar-refractivity contribution in [1.29, 1.82) is 0 Å². The summed E-state index contributed by atoms with van der Waals surface area (Å²) in [5.74, 6) is 0.195. The molecule has 0 fully saturated rings. The van der Waals surface area contributed by atoms with Gasteiger partial charge in [0.15, 0.2) is 18.2 Å². The summed E-state index contributed by atoms with van der Waals surface area (Å²) in [4.78, 5) is 41.4. The summed E-state index contributed by atoms with van der Waals surface area (Å²) >= 11 is 0. The molecule has 0 saturated heterocycles. The molecule has 37 heavy (non-hydrogen) atoms. The first-order chi connectivity index (χ1) is 17.9. The summed E-state index contributed by atoms with van der Waals surface area (Å²) in [7, 11) is 0. The Balaban J connectivity index is 1.43. The molecule has 192 valence electrons. The summed E-state index contributed by atoms with van der Waals surface area (Å²) in [6.45, 7) is 6.64. The van der Waals surface area contributed by atoms with Gasteiger partial charge in [-0.15, -0.1) is 0 Å². The van der Waals surface area contributed by atoms with Gasteiger partial charge in [0.1, 0.15) is 5.75 Å². The molecule has 0 aromatic heterocycles. The van der Waals surface area contributed by atoms with Crippen LogP contribution in [0.25, 0.3) is 0 Å². The summed E-state index contributed by atoms with van der Waals surface area (Å²) in [6, 6.07) is 13.5. The van der Waals surface area contributed by atoms with E-state index in [0.29, 0.717) is 18.6 Å². The third-order valence-corrected chi connectivity index (χ3v) is 7.63. The van der Waals surface area contributed by atoms with Crippen LogP contribution in [0, 0.1) is 13.8 Å². The van der Waals surface area contributed by atoms with Crippen LogP contribution in [0.3, 0.4) is 0 Å². The molecule has 0 saturated carbocycles. The summed E-state index contributed by atoms with van der Waals surface area (Å²) < 4.78 is 5.89. The highest BCUT2D eigenvalue weighted by Gasteiger charge is 2.42. The Morgan fingerprint density at radius 3 is 2.27 bits per heavy atom. The lowest BCUT2D eigenvalue weighted by Crippen LogP contribution is -2.39. The number of nitrogens with zero attached hydrogens (tertiary/aromatic N) is 1. The van der Waals surface area contributed by atoms with Crippen LogP contribution in [0.15, 0.2) is 65.0 Å². The van der Waals surface area contributed by atoms with Crippen LogP contribution >= 0.6 is 0 Å². The van der Waals surface area contributed by atoms with Gasteiger partial charge < -0.3 is 15.0 Å². The van der Waals surface area contributed by atoms with E-state index in [1.807, 2.05) is 56.3 Å². The van der Waals surface area contributed by atoms with Crippen molar-refractivity contribution in [2.45, 2.75) is 65.2 Å². The fourth-order valence-corrected chi connectivity index (χ4v) is 5.92. The topological polar surface area (TPSA) is 75.7 Å². The molecule has 0 radical (unpaired) electrons. The minimum atomic E-state index is -0.374. The minimum absolute atomic E-state index is 0.133. The molecule has 6 heteroatoms. The maximum Gasteiger partial charge on any atom is 0.262 e. The third kappa shape index (κ3) is 4.85. The number of anilines is 1. The Bertz CT molecular complexity index is 1290. The zero-order valence-corrected chi connectivity index (χ0v) is 21.9. The fourth-order valence-electron chi connectivity index (χ4n) is 5.92. The summed E-state index contributed by atoms with van der Waals surface area (Å²) in [5.41, 5.74) is 7.40. The van der Waals surface area contributed by atoms with E-state index in [1.54, 1.807) is 0 Å². The van der Waals surface area contributed by atoms with Crippen LogP contribution in [-0.4, -0.2) is 35.5 Å². The maximum atomic E-state index is 13.3. The first kappa shape index (κ1) is 25.0. The number of carbonyl (C=O) groups excluding carboxylic acids is 3. The average Bonchev–Trinajstić information content (AvgIpc) is 2.89. The number of aryl methyl sites for hydroxylation is 2. The van der Waals surface area contributed by atoms with Gasteiger partial charge in [-0.05, 0) is 81.3 Å². The number of hydrogen-bond donors (Lipinski definition) is 1. The Morgan fingerprint density at radius 2 is 1.62 bits per heavy atom. The number of rotatable bonds is 6. The quantitative estimate of drug-likeness (QED) is 0.549. The largest absolute Gasteiger partial charge is 0.484 e. The zero-order valence-electron chi connectivity index (χ0n) is 21.9. The van der Waals surface area contributed by atoms with Crippen LogP contribution in [0.4, 0.5) is 5.69 Å². The highest BCUT2D eigenvalue weighted by molar-refractivity contribution is 6.06. The van der Waals surface area contributed by atoms with E-state index in [2.05, 4.69) is 17.1 Å². The van der Waals surface area contributed by atoms with E-state index in [1.165, 1.54) is 0 Å². The van der Waals surface area contributed by atoms with E-state index in [4.69, 9.17) is 4.74 Å². The van der Waals surface area contributed by atoms with E-state index in [-0.39, 0.29) is 30.0 Å². The molecule has 1 amide bonds. The van der Waals surface area contributed by atoms with Crippen molar-refractivity contribution in [3.8, 4) is 5.75 Å². The number of ketones is 2. The minimum Gasteiger partial charge on any atom is -0.484 e. The molecular weight excluding hydrogens is 464 g/mol. The van der Waals surface area contributed by atoms with Crippen molar-refractivity contribution in [2.75, 3.05) is 18.5 Å². The first-order valence-electron chi connectivity index (χ1n) is 13.3. The van der Waals surface area contributed by atoms with E-state index < -0.39 is 0 Å². The molecule has 2 aliphatic carbocycles. The van der Waals surface area contributed by atoms with Crippen molar-refractivity contribution in [3.63, 3.8) is 0 Å². The second kappa shape index (κ2) is 10.4. The SMILES string of the molecule is CCN1C2=C(C(=O)CCC2)C(c2cccc(OCC(=O)Nc3cc(C)ccc3C)c2)C2=C1CCCC2=O. The van der Waals surface area contributed by atoms with Crippen molar-refractivity contribution in [3.05, 3.63) is 81.7 Å². The van der Waals surface area contributed by atoms with Crippen molar-refractivity contribution >= 4 is 23.2 Å². The van der Waals surface area contributed by atoms with Crippen molar-refractivity contribution in [2.24, 2.45) is 0 Å². The molecule has 2 aromatic carbocycles. The highest BCUT2D eigenvalue weighted by Crippen LogP contribution is 2.49. The highest BCUT2D eigenvalue weighted by atomic mass is 16.5. The molecule has 5 rings (SSSR count). The number of amides is 1. The number of hydrogen-bond acceptors (Lipinski definition) is 5. The fraction of sp³-hybridized carbons (Fsp3) is 0.387. The molecule has 0 bridgehead atoms. The number of benzene rings is 2. The molecule has 0 atom stereocenters. The molecule has 1 N–H and O–H groups in total. The second-order valence-electron chi connectivity index (χ2n) is 10.2. The van der Waals surface area contributed by atoms with Gasteiger partial charge in [0.05, 0.1) is 0 Å². The number of Topliss-reactive ketones (excluding diaryl/α,β-unsaturated/α-hetero) is 2. The van der Waals surface area contributed by atoms with Crippen LogP contribution in [0.5, 0.6) is 5.75 Å². The lowest BCUT2D eigenvalue weighted by atomic mass is 9.71. The Hall–Kier alpha value is -3.67. The van der Waals surface area contributed by atoms with Crippen LogP contribution in [-0.2, 0) is 14.4 Å². The lowest BCUT2D eigenvalue weighted by molar-refractivity contribution is -0.118. The number of allylic oxidation sites excluding steroid dienone is 4. The van der Waals surface area contributed by atoms with Crippen LogP contribution in [0.2, 0.25) is 0 Å². The van der Waals surface area contributed by atoms with Gasteiger partial charge in [-0.2, -0.15) is 0 Å². The predicted octanol–water partition coefficient (Wildman–Crippen LogP) is 5.75. The molecule has 1 aliphatic heterocycles. The van der Waals surface area contributed by atoms with Gasteiger partial charge in [0.2, 0.25) is 0 Å². The summed E-state index contributed by atoms with van der Waals surface area (Å²) in [5, 5.41) is 2.92. The molecule has 0 spiro atoms. The molecule has 0 unspecified atom stereocenters. The standard InChI is InChI=1S/C31H34N2O4/c1-4-33-24-10-6-12-26(34)30(24)29(31-25(33)11-7-13-27(31)35)21-8-5-9-22(17-21)37-18-28(36)32-23-16-19(2)14-15-20(23)3/h5,8-9,14-17,29H,4,6-7,10-13,18H2,1-3H3,(H,32,36). The smallest absolute Gasteiger partial charge is 0.262 e. The van der Waals surface area contributed by atoms with E-state index >= 15 is 0 Å². The zero-order chi connectivity index (χ0) is 26.1. The molecule has 2 aromatic rings. The number of ether oxygens (including phenoxy) is 1.